The normalized spacial score (nSPS) is 14.1. The van der Waals surface area contributed by atoms with E-state index in [0.717, 1.165) is 0 Å². The second kappa shape index (κ2) is 6.38. The van der Waals surface area contributed by atoms with Crippen molar-refractivity contribution in [3.05, 3.63) is 0 Å². The molecule has 0 rings (SSSR count). The number of alkyl halides is 6. The van der Waals surface area contributed by atoms with Gasteiger partial charge in [0.1, 0.15) is 5.75 Å². The van der Waals surface area contributed by atoms with Crippen LogP contribution in [-0.2, 0) is 19.6 Å². The summed E-state index contributed by atoms with van der Waals surface area (Å²) < 4.78 is 109. The molecule has 0 saturated heterocycles. The van der Waals surface area contributed by atoms with E-state index in [1.165, 1.54) is 6.92 Å². The summed E-state index contributed by atoms with van der Waals surface area (Å²) in [6.45, 7) is 1.52. The Morgan fingerprint density at radius 1 is 1.10 bits per heavy atom. The second-order valence-electron chi connectivity index (χ2n) is 4.13. The van der Waals surface area contributed by atoms with Crippen LogP contribution >= 0.6 is 0 Å². The van der Waals surface area contributed by atoms with E-state index >= 15 is 0 Å². The number of carbonyl (C=O) groups excluding carboxylic acids is 1. The van der Waals surface area contributed by atoms with Gasteiger partial charge in [-0.3, -0.25) is 9.35 Å². The lowest BCUT2D eigenvalue weighted by Crippen LogP contribution is -2.63. The third kappa shape index (κ3) is 5.34. The Balaban J connectivity index is 5.77. The summed E-state index contributed by atoms with van der Waals surface area (Å²) in [7, 11) is -5.73. The Bertz CT molecular complexity index is 452. The van der Waals surface area contributed by atoms with Gasteiger partial charge < -0.3 is 4.74 Å². The van der Waals surface area contributed by atoms with Gasteiger partial charge in [0, 0.05) is 6.42 Å². The number of hydrogen-bond donors (Lipinski definition) is 1. The Hall–Kier alpha value is -1.04. The molecule has 0 atom stereocenters. The Morgan fingerprint density at radius 3 is 1.81 bits per heavy atom. The molecule has 21 heavy (non-hydrogen) atoms. The van der Waals surface area contributed by atoms with E-state index in [1.54, 1.807) is 0 Å². The zero-order valence-electron chi connectivity index (χ0n) is 10.6. The molecule has 0 saturated carbocycles. The van der Waals surface area contributed by atoms with E-state index in [9.17, 15) is 39.6 Å². The number of ether oxygens (including phenoxy) is 1. The van der Waals surface area contributed by atoms with E-state index < -0.39 is 46.2 Å². The van der Waals surface area contributed by atoms with Crippen LogP contribution in [0.4, 0.5) is 26.3 Å². The molecule has 0 aliphatic carbocycles. The first-order valence-corrected chi connectivity index (χ1v) is 7.07. The number of unbranched alkanes of at least 4 members (excludes halogenated alkanes) is 1. The molecule has 0 aromatic carbocycles. The minimum absolute atomic E-state index is 0.0451. The summed E-state index contributed by atoms with van der Waals surface area (Å²) in [6, 6.07) is 0. The first kappa shape index (κ1) is 20.0. The van der Waals surface area contributed by atoms with E-state index in [2.05, 4.69) is 4.74 Å². The van der Waals surface area contributed by atoms with Crippen molar-refractivity contribution in [2.75, 3.05) is 5.75 Å². The first-order valence-electron chi connectivity index (χ1n) is 5.47. The minimum atomic E-state index is -6.27. The van der Waals surface area contributed by atoms with Crippen molar-refractivity contribution in [2.24, 2.45) is 0 Å². The van der Waals surface area contributed by atoms with Gasteiger partial charge in [-0.15, -0.1) is 0 Å². The van der Waals surface area contributed by atoms with Crippen LogP contribution in [0.25, 0.3) is 0 Å². The first-order chi connectivity index (χ1) is 9.16. The molecule has 0 spiro atoms. The van der Waals surface area contributed by atoms with E-state index in [1.807, 2.05) is 0 Å². The minimum Gasteiger partial charge on any atom is -0.438 e. The van der Waals surface area contributed by atoms with Gasteiger partial charge in [-0.1, -0.05) is 13.3 Å². The number of carbonyl (C=O) groups is 1. The fourth-order valence-corrected chi connectivity index (χ4v) is 2.19. The Labute approximate surface area is 116 Å². The predicted octanol–water partition coefficient (Wildman–Crippen LogP) is 2.47. The molecular weight excluding hydrogens is 334 g/mol. The lowest BCUT2D eigenvalue weighted by Gasteiger charge is -2.35. The largest absolute Gasteiger partial charge is 0.438 e. The highest BCUT2D eigenvalue weighted by atomic mass is 32.2. The molecule has 0 aliphatic rings. The van der Waals surface area contributed by atoms with E-state index in [0.29, 0.717) is 6.42 Å². The maximum absolute atomic E-state index is 12.7. The molecule has 0 aliphatic heterocycles. The van der Waals surface area contributed by atoms with Crippen LogP contribution in [0.15, 0.2) is 0 Å². The van der Waals surface area contributed by atoms with Crippen molar-refractivity contribution in [3.8, 4) is 0 Å². The topological polar surface area (TPSA) is 80.7 Å². The van der Waals surface area contributed by atoms with Gasteiger partial charge >= 0.3 is 23.9 Å². The molecule has 0 unspecified atom stereocenters. The van der Waals surface area contributed by atoms with E-state index in [4.69, 9.17) is 4.55 Å². The van der Waals surface area contributed by atoms with Crippen LogP contribution < -0.4 is 0 Å². The zero-order chi connectivity index (χ0) is 17.1. The Morgan fingerprint density at radius 2 is 1.52 bits per heavy atom. The van der Waals surface area contributed by atoms with Gasteiger partial charge in [0.05, 0.1) is 0 Å². The molecular formula is C9H12F6O5S. The second-order valence-corrected chi connectivity index (χ2v) is 5.58. The lowest BCUT2D eigenvalue weighted by atomic mass is 10.1. The molecule has 0 heterocycles. The molecule has 5 nitrogen and oxygen atoms in total. The highest BCUT2D eigenvalue weighted by Gasteiger charge is 2.75. The summed E-state index contributed by atoms with van der Waals surface area (Å²) in [6.07, 6.45) is -13.1. The van der Waals surface area contributed by atoms with Gasteiger partial charge in [-0.2, -0.15) is 34.8 Å². The van der Waals surface area contributed by atoms with Gasteiger partial charge in [0.15, 0.2) is 0 Å². The van der Waals surface area contributed by atoms with Crippen molar-refractivity contribution >= 4 is 16.1 Å². The SMILES string of the molecule is CCCCC(=O)OC(CS(=O)(=O)O)(C(F)(F)F)C(F)(F)F. The van der Waals surface area contributed by atoms with Crippen LogP contribution in [0.3, 0.4) is 0 Å². The molecule has 0 aromatic rings. The number of rotatable bonds is 6. The highest BCUT2D eigenvalue weighted by Crippen LogP contribution is 2.47. The molecule has 0 fully saturated rings. The summed E-state index contributed by atoms with van der Waals surface area (Å²) in [5.74, 6) is -4.72. The van der Waals surface area contributed by atoms with E-state index in [-0.39, 0.29) is 6.42 Å². The van der Waals surface area contributed by atoms with Crippen molar-refractivity contribution in [1.29, 1.82) is 0 Å². The van der Waals surface area contributed by atoms with Crippen LogP contribution in [0.1, 0.15) is 26.2 Å². The van der Waals surface area contributed by atoms with Crippen LogP contribution in [0.2, 0.25) is 0 Å². The van der Waals surface area contributed by atoms with Gasteiger partial charge in [-0.25, -0.2) is 0 Å². The van der Waals surface area contributed by atoms with Crippen LogP contribution in [0, 0.1) is 0 Å². The fourth-order valence-electron chi connectivity index (χ4n) is 1.29. The average molecular weight is 346 g/mol. The van der Waals surface area contributed by atoms with Gasteiger partial charge in [-0.05, 0) is 6.42 Å². The molecule has 0 aromatic heterocycles. The molecule has 12 heteroatoms. The van der Waals surface area contributed by atoms with Crippen LogP contribution in [0.5, 0.6) is 0 Å². The predicted molar refractivity (Wildman–Crippen MR) is 56.9 cm³/mol. The molecule has 0 radical (unpaired) electrons. The summed E-state index contributed by atoms with van der Waals surface area (Å²) in [5.41, 5.74) is -5.31. The van der Waals surface area contributed by atoms with Crippen molar-refractivity contribution in [3.63, 3.8) is 0 Å². The number of hydrogen-bond acceptors (Lipinski definition) is 4. The maximum Gasteiger partial charge on any atom is 0.438 e. The third-order valence-corrected chi connectivity index (χ3v) is 3.10. The molecule has 126 valence electrons. The maximum atomic E-state index is 12.7. The Kier molecular flexibility index (Phi) is 6.06. The standard InChI is InChI=1S/C9H12F6O5S/c1-2-3-4-6(16)20-7(8(10,11)12,9(13,14)15)5-21(17,18)19/h2-5H2,1H3,(H,17,18,19). The summed E-state index contributed by atoms with van der Waals surface area (Å²) in [4.78, 5) is 11.1. The quantitative estimate of drug-likeness (QED) is 0.454. The van der Waals surface area contributed by atoms with Crippen molar-refractivity contribution in [1.82, 2.24) is 0 Å². The third-order valence-electron chi connectivity index (χ3n) is 2.32. The van der Waals surface area contributed by atoms with Crippen molar-refractivity contribution < 1.29 is 48.8 Å². The molecule has 0 bridgehead atoms. The smallest absolute Gasteiger partial charge is 0.438 e. The molecule has 1 N–H and O–H groups in total. The average Bonchev–Trinajstić information content (AvgIpc) is 2.20. The number of esters is 1. The van der Waals surface area contributed by atoms with Crippen LogP contribution in [-0.4, -0.2) is 42.6 Å². The van der Waals surface area contributed by atoms with Gasteiger partial charge in [0.25, 0.3) is 10.1 Å². The summed E-state index contributed by atoms with van der Waals surface area (Å²) in [5, 5.41) is 0. The highest BCUT2D eigenvalue weighted by molar-refractivity contribution is 7.85. The van der Waals surface area contributed by atoms with Crippen molar-refractivity contribution in [2.45, 2.75) is 44.1 Å². The zero-order valence-corrected chi connectivity index (χ0v) is 11.4. The summed E-state index contributed by atoms with van der Waals surface area (Å²) >= 11 is 0. The molecule has 0 amide bonds. The lowest BCUT2D eigenvalue weighted by molar-refractivity contribution is -0.361. The monoisotopic (exact) mass is 346 g/mol. The fraction of sp³-hybridized carbons (Fsp3) is 0.889. The van der Waals surface area contributed by atoms with Gasteiger partial charge in [0.2, 0.25) is 0 Å². The number of halogens is 6.